The standard InChI is InChI=1S/C14H21FN2O2/c15-12-8-17(9-14(12)18)7-11-6-13(16-19-11)10-4-2-1-3-5-10/h6,10,12,14,18H,1-5,7-9H2/t12-,14-/m1/s1. The number of β-amino-alcohol motifs (C(OH)–C–C–N with tert-alkyl or cyclic N) is 1. The highest BCUT2D eigenvalue weighted by Gasteiger charge is 2.31. The summed E-state index contributed by atoms with van der Waals surface area (Å²) in [4.78, 5) is 1.88. The number of likely N-dealkylation sites (tertiary alicyclic amines) is 1. The van der Waals surface area contributed by atoms with Crippen molar-refractivity contribution in [3.63, 3.8) is 0 Å². The van der Waals surface area contributed by atoms with Crippen LogP contribution in [0.25, 0.3) is 0 Å². The topological polar surface area (TPSA) is 49.5 Å². The van der Waals surface area contributed by atoms with E-state index in [1.54, 1.807) is 0 Å². The molecule has 0 spiro atoms. The second-order valence-electron chi connectivity index (χ2n) is 5.83. The van der Waals surface area contributed by atoms with Gasteiger partial charge in [-0.15, -0.1) is 0 Å². The van der Waals surface area contributed by atoms with Crippen molar-refractivity contribution in [2.45, 2.75) is 56.8 Å². The molecule has 0 amide bonds. The van der Waals surface area contributed by atoms with Gasteiger partial charge in [0, 0.05) is 25.1 Å². The number of aliphatic hydroxyl groups excluding tert-OH is 1. The van der Waals surface area contributed by atoms with E-state index in [0.29, 0.717) is 19.0 Å². The van der Waals surface area contributed by atoms with Crippen molar-refractivity contribution in [2.24, 2.45) is 0 Å². The molecule has 1 saturated heterocycles. The first kappa shape index (κ1) is 13.1. The zero-order valence-electron chi connectivity index (χ0n) is 11.1. The second-order valence-corrected chi connectivity index (χ2v) is 5.83. The van der Waals surface area contributed by atoms with Gasteiger partial charge in [0.15, 0.2) is 5.76 Å². The zero-order valence-corrected chi connectivity index (χ0v) is 11.1. The van der Waals surface area contributed by atoms with Crippen LogP contribution in [0.4, 0.5) is 4.39 Å². The predicted octanol–water partition coefficient (Wildman–Crippen LogP) is 2.24. The lowest BCUT2D eigenvalue weighted by atomic mass is 9.87. The highest BCUT2D eigenvalue weighted by molar-refractivity contribution is 5.11. The van der Waals surface area contributed by atoms with Crippen LogP contribution in [0.5, 0.6) is 0 Å². The fraction of sp³-hybridized carbons (Fsp3) is 0.786. The lowest BCUT2D eigenvalue weighted by Crippen LogP contribution is -2.21. The van der Waals surface area contributed by atoms with E-state index in [4.69, 9.17) is 4.52 Å². The third-order valence-electron chi connectivity index (χ3n) is 4.28. The van der Waals surface area contributed by atoms with Crippen molar-refractivity contribution in [1.29, 1.82) is 0 Å². The van der Waals surface area contributed by atoms with Crippen LogP contribution in [0.3, 0.4) is 0 Å². The Labute approximate surface area is 112 Å². The summed E-state index contributed by atoms with van der Waals surface area (Å²) >= 11 is 0. The summed E-state index contributed by atoms with van der Waals surface area (Å²) in [5.41, 5.74) is 1.05. The number of hydrogen-bond acceptors (Lipinski definition) is 4. The summed E-state index contributed by atoms with van der Waals surface area (Å²) < 4.78 is 18.6. The monoisotopic (exact) mass is 268 g/mol. The summed E-state index contributed by atoms with van der Waals surface area (Å²) in [6, 6.07) is 2.01. The number of halogens is 1. The van der Waals surface area contributed by atoms with Crippen LogP contribution in [-0.4, -0.2) is 40.5 Å². The SMILES string of the molecule is O[C@@H]1CN(Cc2cc(C3CCCCC3)no2)C[C@H]1F. The first-order valence-corrected chi connectivity index (χ1v) is 7.22. The van der Waals surface area contributed by atoms with Crippen LogP contribution in [0, 0.1) is 0 Å². The molecule has 1 aromatic rings. The molecule has 0 radical (unpaired) electrons. The number of alkyl halides is 1. The first-order chi connectivity index (χ1) is 9.22. The normalized spacial score (nSPS) is 30.0. The molecule has 0 bridgehead atoms. The predicted molar refractivity (Wildman–Crippen MR) is 68.5 cm³/mol. The molecule has 1 aromatic heterocycles. The Hall–Kier alpha value is -0.940. The Kier molecular flexibility index (Phi) is 3.84. The maximum absolute atomic E-state index is 13.2. The third-order valence-corrected chi connectivity index (χ3v) is 4.28. The molecule has 1 aliphatic carbocycles. The van der Waals surface area contributed by atoms with Crippen LogP contribution in [0.2, 0.25) is 0 Å². The largest absolute Gasteiger partial charge is 0.389 e. The van der Waals surface area contributed by atoms with Crippen LogP contribution < -0.4 is 0 Å². The number of hydrogen-bond donors (Lipinski definition) is 1. The highest BCUT2D eigenvalue weighted by atomic mass is 19.1. The Balaban J connectivity index is 1.59. The molecule has 0 unspecified atom stereocenters. The molecule has 1 N–H and O–H groups in total. The molecular weight excluding hydrogens is 247 g/mol. The van der Waals surface area contributed by atoms with E-state index in [2.05, 4.69) is 5.16 Å². The lowest BCUT2D eigenvalue weighted by Gasteiger charge is -2.18. The molecule has 4 nitrogen and oxygen atoms in total. The number of rotatable bonds is 3. The second kappa shape index (κ2) is 5.59. The molecule has 2 atom stereocenters. The van der Waals surface area contributed by atoms with Gasteiger partial charge >= 0.3 is 0 Å². The van der Waals surface area contributed by atoms with Crippen LogP contribution in [0.1, 0.15) is 49.5 Å². The molecule has 2 fully saturated rings. The summed E-state index contributed by atoms with van der Waals surface area (Å²) in [5, 5.41) is 13.6. The van der Waals surface area contributed by atoms with Crippen molar-refractivity contribution in [3.8, 4) is 0 Å². The van der Waals surface area contributed by atoms with Crippen LogP contribution >= 0.6 is 0 Å². The molecular formula is C14H21FN2O2. The van der Waals surface area contributed by atoms with Gasteiger partial charge in [0.1, 0.15) is 6.17 Å². The van der Waals surface area contributed by atoms with Gasteiger partial charge in [-0.3, -0.25) is 4.90 Å². The Morgan fingerprint density at radius 1 is 1.32 bits per heavy atom. The number of aromatic nitrogens is 1. The minimum Gasteiger partial charge on any atom is -0.389 e. The zero-order chi connectivity index (χ0) is 13.2. The van der Waals surface area contributed by atoms with Gasteiger partial charge < -0.3 is 9.63 Å². The van der Waals surface area contributed by atoms with Crippen molar-refractivity contribution in [2.75, 3.05) is 13.1 Å². The van der Waals surface area contributed by atoms with Gasteiger partial charge in [0.2, 0.25) is 0 Å². The summed E-state index contributed by atoms with van der Waals surface area (Å²) in [5.74, 6) is 1.31. The van der Waals surface area contributed by atoms with Crippen molar-refractivity contribution in [3.05, 3.63) is 17.5 Å². The van der Waals surface area contributed by atoms with Gasteiger partial charge in [-0.05, 0) is 12.8 Å². The van der Waals surface area contributed by atoms with Crippen molar-refractivity contribution in [1.82, 2.24) is 10.1 Å². The van der Waals surface area contributed by atoms with E-state index in [1.807, 2.05) is 11.0 Å². The molecule has 0 aromatic carbocycles. The molecule has 3 rings (SSSR count). The van der Waals surface area contributed by atoms with Crippen LogP contribution in [0.15, 0.2) is 10.6 Å². The molecule has 2 heterocycles. The fourth-order valence-electron chi connectivity index (χ4n) is 3.17. The van der Waals surface area contributed by atoms with Gasteiger partial charge in [-0.25, -0.2) is 4.39 Å². The fourth-order valence-corrected chi connectivity index (χ4v) is 3.17. The smallest absolute Gasteiger partial charge is 0.150 e. The van der Waals surface area contributed by atoms with E-state index in [9.17, 15) is 9.50 Å². The minimum atomic E-state index is -1.14. The minimum absolute atomic E-state index is 0.278. The first-order valence-electron chi connectivity index (χ1n) is 7.22. The average Bonchev–Trinajstić information content (AvgIpc) is 2.99. The Bertz CT molecular complexity index is 407. The van der Waals surface area contributed by atoms with Crippen molar-refractivity contribution >= 4 is 0 Å². The van der Waals surface area contributed by atoms with Crippen LogP contribution in [-0.2, 0) is 6.54 Å². The van der Waals surface area contributed by atoms with Gasteiger partial charge in [-0.2, -0.15) is 0 Å². The van der Waals surface area contributed by atoms with Gasteiger partial charge in [-0.1, -0.05) is 24.4 Å². The van der Waals surface area contributed by atoms with E-state index >= 15 is 0 Å². The molecule has 19 heavy (non-hydrogen) atoms. The maximum atomic E-state index is 13.2. The quantitative estimate of drug-likeness (QED) is 0.913. The molecule has 5 heteroatoms. The summed E-state index contributed by atoms with van der Waals surface area (Å²) in [6.45, 7) is 1.19. The average molecular weight is 268 g/mol. The summed E-state index contributed by atoms with van der Waals surface area (Å²) in [7, 11) is 0. The number of aliphatic hydroxyl groups is 1. The van der Waals surface area contributed by atoms with Gasteiger partial charge in [0.05, 0.1) is 18.3 Å². The third kappa shape index (κ3) is 2.98. The van der Waals surface area contributed by atoms with Gasteiger partial charge in [0.25, 0.3) is 0 Å². The summed E-state index contributed by atoms with van der Waals surface area (Å²) in [6.07, 6.45) is 4.26. The Morgan fingerprint density at radius 3 is 2.79 bits per heavy atom. The maximum Gasteiger partial charge on any atom is 0.150 e. The molecule has 1 aliphatic heterocycles. The van der Waals surface area contributed by atoms with E-state index in [0.717, 1.165) is 11.5 Å². The van der Waals surface area contributed by atoms with E-state index in [-0.39, 0.29) is 6.54 Å². The lowest BCUT2D eigenvalue weighted by molar-refractivity contribution is 0.115. The van der Waals surface area contributed by atoms with Crippen molar-refractivity contribution < 1.29 is 14.0 Å². The number of nitrogens with zero attached hydrogens (tertiary/aromatic N) is 2. The molecule has 1 saturated carbocycles. The van der Waals surface area contributed by atoms with E-state index in [1.165, 1.54) is 32.1 Å². The molecule has 2 aliphatic rings. The van der Waals surface area contributed by atoms with E-state index < -0.39 is 12.3 Å². The molecule has 106 valence electrons. The highest BCUT2D eigenvalue weighted by Crippen LogP contribution is 2.32. The Morgan fingerprint density at radius 2 is 2.11 bits per heavy atom.